The number of aromatic carboxylic acids is 1. The lowest BCUT2D eigenvalue weighted by molar-refractivity contribution is -0.215. The van der Waals surface area contributed by atoms with Crippen molar-refractivity contribution in [3.63, 3.8) is 0 Å². The normalized spacial score (nSPS) is 18.0. The molecule has 0 saturated carbocycles. The average Bonchev–Trinajstić information content (AvgIpc) is 3.53. The number of hydrogen-bond acceptors (Lipinski definition) is 9. The number of likely N-dealkylation sites (tertiary alicyclic amines) is 1. The Hall–Kier alpha value is -2.57. The molecule has 12 heteroatoms. The molecule has 5 atom stereocenters. The van der Waals surface area contributed by atoms with Crippen LogP contribution in [0.25, 0.3) is 0 Å². The van der Waals surface area contributed by atoms with E-state index in [-0.39, 0.29) is 48.1 Å². The van der Waals surface area contributed by atoms with Gasteiger partial charge in [0.15, 0.2) is 17.6 Å². The Morgan fingerprint density at radius 1 is 1.11 bits per heavy atom. The van der Waals surface area contributed by atoms with Gasteiger partial charge in [0.25, 0.3) is 0 Å². The molecule has 0 bridgehead atoms. The fraction of sp³-hybridized carbons (Fsp3) is 0.794. The van der Waals surface area contributed by atoms with Gasteiger partial charge in [-0.15, -0.1) is 11.3 Å². The number of ketones is 1. The molecule has 2 rings (SSSR count). The molecule has 11 nitrogen and oxygen atoms in total. The largest absolute Gasteiger partial charge is 0.476 e. The molecular formula is C34H58N4O7S. The molecule has 1 saturated heterocycles. The molecule has 0 radical (unpaired) electrons. The number of hydroxylamine groups is 2. The number of nitrogens with zero attached hydrogens (tertiary/aromatic N) is 3. The molecule has 46 heavy (non-hydrogen) atoms. The maximum atomic E-state index is 14.6. The van der Waals surface area contributed by atoms with Gasteiger partial charge in [-0.1, -0.05) is 73.6 Å². The second-order valence-corrected chi connectivity index (χ2v) is 13.8. The summed E-state index contributed by atoms with van der Waals surface area (Å²) in [5.41, 5.74) is -0.133. The van der Waals surface area contributed by atoms with Gasteiger partial charge in [-0.25, -0.2) is 19.6 Å². The third-order valence-electron chi connectivity index (χ3n) is 8.97. The molecule has 262 valence electrons. The number of carboxylic acid groups (broad SMARTS) is 1. The minimum absolute atomic E-state index is 0.0618. The first-order valence-electron chi connectivity index (χ1n) is 17.3. The van der Waals surface area contributed by atoms with Crippen molar-refractivity contribution in [2.75, 3.05) is 26.7 Å². The molecule has 1 aromatic rings. The number of amides is 2. The van der Waals surface area contributed by atoms with Crippen LogP contribution in [-0.2, 0) is 19.2 Å². The Labute approximate surface area is 279 Å². The zero-order chi connectivity index (χ0) is 34.2. The van der Waals surface area contributed by atoms with E-state index in [0.29, 0.717) is 18.2 Å². The molecule has 1 aliphatic heterocycles. The number of unbranched alkanes of at least 4 members (excludes halogenated alkanes) is 3. The van der Waals surface area contributed by atoms with Gasteiger partial charge >= 0.3 is 12.1 Å². The topological polar surface area (TPSA) is 138 Å². The lowest BCUT2D eigenvalue weighted by Gasteiger charge is -2.38. The van der Waals surface area contributed by atoms with Crippen LogP contribution in [0.15, 0.2) is 5.38 Å². The smallest absolute Gasteiger partial charge is 0.407 e. The summed E-state index contributed by atoms with van der Waals surface area (Å²) in [6.45, 7) is 13.7. The second kappa shape index (κ2) is 20.6. The number of thiazole rings is 1. The molecule has 2 N–H and O–H groups in total. The van der Waals surface area contributed by atoms with Gasteiger partial charge in [0, 0.05) is 30.7 Å². The highest BCUT2D eigenvalue weighted by molar-refractivity contribution is 7.09. The van der Waals surface area contributed by atoms with Crippen LogP contribution in [0.3, 0.4) is 0 Å². The number of rotatable bonds is 21. The Bertz CT molecular complexity index is 1100. The zero-order valence-corrected chi connectivity index (χ0v) is 29.9. The Kier molecular flexibility index (Phi) is 17.8. The van der Waals surface area contributed by atoms with Gasteiger partial charge in [-0.2, -0.15) is 0 Å². The van der Waals surface area contributed by atoms with Crippen molar-refractivity contribution in [1.82, 2.24) is 20.3 Å². The monoisotopic (exact) mass is 666 g/mol. The lowest BCUT2D eigenvalue weighted by Crippen LogP contribution is -2.50. The van der Waals surface area contributed by atoms with Crippen molar-refractivity contribution in [2.45, 2.75) is 130 Å². The van der Waals surface area contributed by atoms with E-state index in [1.54, 1.807) is 0 Å². The van der Waals surface area contributed by atoms with E-state index in [4.69, 9.17) is 9.57 Å². The maximum Gasteiger partial charge on any atom is 0.407 e. The number of carboxylic acids is 1. The first-order chi connectivity index (χ1) is 21.9. The van der Waals surface area contributed by atoms with Gasteiger partial charge in [0.05, 0.1) is 18.7 Å². The lowest BCUT2D eigenvalue weighted by atomic mass is 9.83. The maximum absolute atomic E-state index is 14.6. The molecule has 0 spiro atoms. The predicted molar refractivity (Wildman–Crippen MR) is 180 cm³/mol. The third-order valence-corrected chi connectivity index (χ3v) is 9.90. The summed E-state index contributed by atoms with van der Waals surface area (Å²) in [6, 6.07) is -0.732. The Morgan fingerprint density at radius 2 is 1.85 bits per heavy atom. The number of aromatic nitrogens is 1. The first kappa shape index (κ1) is 39.6. The van der Waals surface area contributed by atoms with Crippen LogP contribution in [0.1, 0.15) is 134 Å². The van der Waals surface area contributed by atoms with Crippen LogP contribution in [0.4, 0.5) is 4.79 Å². The minimum atomic E-state index is -1.17. The second-order valence-electron chi connectivity index (χ2n) is 13.0. The number of hydrogen-bond donors (Lipinski definition) is 2. The molecule has 2 heterocycles. The van der Waals surface area contributed by atoms with Crippen LogP contribution in [0, 0.1) is 17.8 Å². The Balaban J connectivity index is 2.46. The number of carbonyl (C=O) groups excluding carboxylic acids is 3. The third kappa shape index (κ3) is 12.2. The summed E-state index contributed by atoms with van der Waals surface area (Å²) in [5, 5.41) is 15.4. The number of likely N-dealkylation sites (N-methyl/N-ethyl adjacent to an activating group) is 1. The van der Waals surface area contributed by atoms with Gasteiger partial charge in [-0.05, 0) is 51.1 Å². The van der Waals surface area contributed by atoms with Crippen molar-refractivity contribution >= 4 is 35.1 Å². The van der Waals surface area contributed by atoms with E-state index < -0.39 is 30.1 Å². The Morgan fingerprint density at radius 3 is 2.43 bits per heavy atom. The van der Waals surface area contributed by atoms with Crippen LogP contribution < -0.4 is 5.32 Å². The standard InChI is InChI=1S/C34H58N4O7S/c1-8-11-12-15-19-44-38(32(40)25(24(6)10-3)20-29(39)27-16-13-14-18-37(27)7)28(23(4)5)21-30(45-34(43)35-17-9-2)31-36-26(22-46-31)33(41)42/h22-25,27-28,30H,8-21H2,1-7H3,(H,35,43)(H,41,42)/t24-,25-,27+,28+,30+/m0/s1. The molecule has 0 unspecified atom stereocenters. The van der Waals surface area contributed by atoms with Crippen LogP contribution >= 0.6 is 11.3 Å². The van der Waals surface area contributed by atoms with E-state index in [2.05, 4.69) is 22.1 Å². The van der Waals surface area contributed by atoms with Crippen molar-refractivity contribution in [2.24, 2.45) is 17.8 Å². The SMILES string of the molecule is CCCCCCON(C(=O)[C@@H](CC(=O)[C@H]1CCCCN1C)[C@@H](C)CC)[C@H](C[C@@H](OC(=O)NCCC)c1nc(C(=O)O)cs1)C(C)C. The van der Waals surface area contributed by atoms with E-state index >= 15 is 0 Å². The highest BCUT2D eigenvalue weighted by atomic mass is 32.1. The zero-order valence-electron chi connectivity index (χ0n) is 29.1. The number of nitrogens with one attached hydrogen (secondary N) is 1. The molecule has 1 aliphatic rings. The van der Waals surface area contributed by atoms with Crippen molar-refractivity contribution in [3.8, 4) is 0 Å². The van der Waals surface area contributed by atoms with Crippen molar-refractivity contribution in [1.29, 1.82) is 0 Å². The summed E-state index contributed by atoms with van der Waals surface area (Å²) >= 11 is 1.10. The highest BCUT2D eigenvalue weighted by Crippen LogP contribution is 2.33. The molecule has 1 aromatic heterocycles. The summed E-state index contributed by atoms with van der Waals surface area (Å²) < 4.78 is 5.84. The van der Waals surface area contributed by atoms with E-state index in [1.165, 1.54) is 10.4 Å². The van der Waals surface area contributed by atoms with Crippen molar-refractivity contribution in [3.05, 3.63) is 16.1 Å². The van der Waals surface area contributed by atoms with E-state index in [0.717, 1.165) is 75.7 Å². The molecule has 2 amide bonds. The first-order valence-corrected chi connectivity index (χ1v) is 18.1. The van der Waals surface area contributed by atoms with Gasteiger partial charge in [-0.3, -0.25) is 19.3 Å². The molecular weight excluding hydrogens is 608 g/mol. The fourth-order valence-electron chi connectivity index (χ4n) is 5.82. The van der Waals surface area contributed by atoms with E-state index in [1.807, 2.05) is 41.7 Å². The quantitative estimate of drug-likeness (QED) is 0.106. The van der Waals surface area contributed by atoms with E-state index in [9.17, 15) is 24.3 Å². The van der Waals surface area contributed by atoms with Gasteiger partial charge < -0.3 is 15.2 Å². The molecule has 1 fully saturated rings. The predicted octanol–water partition coefficient (Wildman–Crippen LogP) is 6.88. The van der Waals surface area contributed by atoms with Gasteiger partial charge in [0.1, 0.15) is 5.01 Å². The van der Waals surface area contributed by atoms with Crippen LogP contribution in [0.5, 0.6) is 0 Å². The highest BCUT2D eigenvalue weighted by Gasteiger charge is 2.40. The summed E-state index contributed by atoms with van der Waals surface area (Å²) in [5.74, 6) is -2.09. The van der Waals surface area contributed by atoms with Crippen LogP contribution in [0.2, 0.25) is 0 Å². The summed E-state index contributed by atoms with van der Waals surface area (Å²) in [4.78, 5) is 65.4. The number of ether oxygens (including phenoxy) is 1. The van der Waals surface area contributed by atoms with Crippen LogP contribution in [-0.4, -0.2) is 82.6 Å². The van der Waals surface area contributed by atoms with Crippen molar-refractivity contribution < 1.29 is 33.9 Å². The average molecular weight is 667 g/mol. The summed E-state index contributed by atoms with van der Waals surface area (Å²) in [7, 11) is 1.98. The molecule has 0 aromatic carbocycles. The fourth-order valence-corrected chi connectivity index (χ4v) is 6.65. The number of carbonyl (C=O) groups is 4. The molecule has 0 aliphatic carbocycles. The number of piperidine rings is 1. The summed E-state index contributed by atoms with van der Waals surface area (Å²) in [6.07, 6.45) is 6.90. The van der Waals surface area contributed by atoms with Gasteiger partial charge in [0.2, 0.25) is 5.91 Å². The minimum Gasteiger partial charge on any atom is -0.476 e. The number of alkyl carbamates (subject to hydrolysis) is 1. The number of Topliss-reactive ketones (excluding diaryl/α,β-unsaturated/α-hetero) is 1.